The summed E-state index contributed by atoms with van der Waals surface area (Å²) in [7, 11) is 0. The molecular weight excluding hydrogens is 376 g/mol. The molecule has 0 atom stereocenters. The van der Waals surface area contributed by atoms with Gasteiger partial charge in [0.05, 0.1) is 18.5 Å². The summed E-state index contributed by atoms with van der Waals surface area (Å²) >= 11 is 7.47. The highest BCUT2D eigenvalue weighted by Crippen LogP contribution is 2.28. The number of carbonyl (C=O) groups excluding carboxylic acids is 1. The van der Waals surface area contributed by atoms with Crippen LogP contribution in [0.1, 0.15) is 17.3 Å². The van der Waals surface area contributed by atoms with Gasteiger partial charge >= 0.3 is 5.97 Å². The Morgan fingerprint density at radius 1 is 1.42 bits per heavy atom. The van der Waals surface area contributed by atoms with E-state index in [1.54, 1.807) is 31.2 Å². The molecule has 0 unspecified atom stereocenters. The van der Waals surface area contributed by atoms with E-state index in [1.165, 1.54) is 18.0 Å². The van der Waals surface area contributed by atoms with Crippen LogP contribution in [0.25, 0.3) is 0 Å². The van der Waals surface area contributed by atoms with Crippen LogP contribution in [0.2, 0.25) is 5.15 Å². The van der Waals surface area contributed by atoms with Crippen LogP contribution >= 0.6 is 23.4 Å². The van der Waals surface area contributed by atoms with Crippen LogP contribution in [0.5, 0.6) is 0 Å². The number of esters is 1. The zero-order valence-electron chi connectivity index (χ0n) is 14.1. The number of nitrogens with one attached hydrogen (secondary N) is 3. The molecule has 1 heterocycles. The monoisotopic (exact) mass is 392 g/mol. The summed E-state index contributed by atoms with van der Waals surface area (Å²) in [4.78, 5) is 20.7. The van der Waals surface area contributed by atoms with Crippen LogP contribution in [-0.2, 0) is 4.74 Å². The fourth-order valence-corrected chi connectivity index (χ4v) is 2.59. The number of aromatic nitrogens is 2. The number of hydrazone groups is 1. The lowest BCUT2D eigenvalue weighted by Crippen LogP contribution is -2.12. The summed E-state index contributed by atoms with van der Waals surface area (Å²) in [5.41, 5.74) is 4.21. The first-order valence-corrected chi connectivity index (χ1v) is 9.13. The predicted octanol–water partition coefficient (Wildman–Crippen LogP) is 3.82. The largest absolute Gasteiger partial charge is 0.462 e. The van der Waals surface area contributed by atoms with Gasteiger partial charge in [-0.05, 0) is 31.4 Å². The first kappa shape index (κ1) is 19.7. The summed E-state index contributed by atoms with van der Waals surface area (Å²) in [6, 6.07) is 7.17. The molecule has 0 radical (unpaired) electrons. The Morgan fingerprint density at radius 3 is 2.88 bits per heavy atom. The van der Waals surface area contributed by atoms with Gasteiger partial charge in [-0.3, -0.25) is 5.43 Å². The minimum atomic E-state index is -0.600. The Balaban J connectivity index is 2.37. The maximum Gasteiger partial charge on any atom is 0.345 e. The van der Waals surface area contributed by atoms with Crippen molar-refractivity contribution in [3.8, 4) is 0 Å². The lowest BCUT2D eigenvalue weighted by molar-refractivity contribution is 0.0526. The smallest absolute Gasteiger partial charge is 0.345 e. The highest BCUT2D eigenvalue weighted by molar-refractivity contribution is 7.98. The third kappa shape index (κ3) is 5.17. The van der Waals surface area contributed by atoms with Gasteiger partial charge in [-0.2, -0.15) is 5.10 Å². The average molecular weight is 393 g/mol. The molecule has 3 N–H and O–H groups in total. The number of ether oxygens (including phenoxy) is 1. The molecule has 0 spiro atoms. The molecule has 0 saturated heterocycles. The number of hydrogen-bond acceptors (Lipinski definition) is 9. The van der Waals surface area contributed by atoms with Gasteiger partial charge in [-0.15, -0.1) is 0 Å². The van der Waals surface area contributed by atoms with E-state index in [0.717, 1.165) is 6.21 Å². The molecule has 2 rings (SSSR count). The van der Waals surface area contributed by atoms with E-state index in [-0.39, 0.29) is 23.1 Å². The molecule has 10 heteroatoms. The number of anilines is 3. The summed E-state index contributed by atoms with van der Waals surface area (Å²) in [5.74, 6) is -0.342. The van der Waals surface area contributed by atoms with Crippen LogP contribution in [0.3, 0.4) is 0 Å². The van der Waals surface area contributed by atoms with E-state index in [4.69, 9.17) is 21.7 Å². The third-order valence-electron chi connectivity index (χ3n) is 2.97. The van der Waals surface area contributed by atoms with Gasteiger partial charge in [0.1, 0.15) is 10.7 Å². The molecule has 2 aromatic rings. The molecule has 26 heavy (non-hydrogen) atoms. The number of thioether (sulfide) groups is 1. The minimum Gasteiger partial charge on any atom is -0.462 e. The third-order valence-corrected chi connectivity index (χ3v) is 3.80. The van der Waals surface area contributed by atoms with Crippen molar-refractivity contribution >= 4 is 59.0 Å². The van der Waals surface area contributed by atoms with Crippen molar-refractivity contribution in [2.75, 3.05) is 23.6 Å². The zero-order chi connectivity index (χ0) is 18.9. The second kappa shape index (κ2) is 9.73. The van der Waals surface area contributed by atoms with Gasteiger partial charge < -0.3 is 15.5 Å². The Bertz CT molecular complexity index is 830. The van der Waals surface area contributed by atoms with Crippen LogP contribution in [0.15, 0.2) is 34.5 Å². The summed E-state index contributed by atoms with van der Waals surface area (Å²) in [5, 5.41) is 14.3. The van der Waals surface area contributed by atoms with E-state index < -0.39 is 5.97 Å². The van der Waals surface area contributed by atoms with Crippen molar-refractivity contribution in [3.05, 3.63) is 35.0 Å². The molecule has 0 aliphatic carbocycles. The first-order valence-electron chi connectivity index (χ1n) is 7.52. The number of halogens is 1. The topological polar surface area (TPSA) is 112 Å². The maximum absolute atomic E-state index is 12.2. The average Bonchev–Trinajstić information content (AvgIpc) is 2.62. The van der Waals surface area contributed by atoms with Crippen molar-refractivity contribution in [2.45, 2.75) is 12.1 Å². The van der Waals surface area contributed by atoms with Gasteiger partial charge in [0.15, 0.2) is 11.0 Å². The Morgan fingerprint density at radius 2 is 2.19 bits per heavy atom. The van der Waals surface area contributed by atoms with Crippen molar-refractivity contribution in [1.82, 2.24) is 9.97 Å². The highest BCUT2D eigenvalue weighted by atomic mass is 35.5. The maximum atomic E-state index is 12.2. The standard InChI is InChI=1S/C16H17ClN6O2S/c1-3-25-15(24)12-13(17)21-16(26-2)22-14(12)20-10-5-4-6-11(9-10)23-19-8-7-18/h4-9,18,23H,3H2,1-2H3,(H,20,21,22)/b18-7?,19-8-. The van der Waals surface area contributed by atoms with Gasteiger partial charge in [0.2, 0.25) is 0 Å². The molecule has 8 nitrogen and oxygen atoms in total. The Hall–Kier alpha value is -2.65. The molecule has 0 aliphatic rings. The molecule has 0 amide bonds. The lowest BCUT2D eigenvalue weighted by atomic mass is 10.2. The second-order valence-electron chi connectivity index (χ2n) is 4.71. The quantitative estimate of drug-likeness (QED) is 0.156. The molecule has 0 bridgehead atoms. The van der Waals surface area contributed by atoms with E-state index >= 15 is 0 Å². The molecule has 1 aromatic carbocycles. The van der Waals surface area contributed by atoms with E-state index in [1.807, 2.05) is 6.26 Å². The molecule has 136 valence electrons. The van der Waals surface area contributed by atoms with Crippen molar-refractivity contribution in [2.24, 2.45) is 5.10 Å². The van der Waals surface area contributed by atoms with Crippen LogP contribution < -0.4 is 10.7 Å². The second-order valence-corrected chi connectivity index (χ2v) is 5.84. The highest BCUT2D eigenvalue weighted by Gasteiger charge is 2.21. The number of hydrogen-bond donors (Lipinski definition) is 3. The molecule has 0 aliphatic heterocycles. The predicted molar refractivity (Wildman–Crippen MR) is 105 cm³/mol. The zero-order valence-corrected chi connectivity index (χ0v) is 15.7. The van der Waals surface area contributed by atoms with Crippen molar-refractivity contribution < 1.29 is 9.53 Å². The number of rotatable bonds is 8. The van der Waals surface area contributed by atoms with Crippen molar-refractivity contribution in [3.63, 3.8) is 0 Å². The van der Waals surface area contributed by atoms with Crippen molar-refractivity contribution in [1.29, 1.82) is 5.41 Å². The fourth-order valence-electron chi connectivity index (χ4n) is 1.93. The minimum absolute atomic E-state index is 0.0233. The van der Waals surface area contributed by atoms with Crippen LogP contribution in [0, 0.1) is 5.41 Å². The number of benzene rings is 1. The molecular formula is C16H17ClN6O2S. The SMILES string of the molecule is CCOC(=O)c1c(Cl)nc(SC)nc1Nc1cccc(N/N=C\C=N)c1. The van der Waals surface area contributed by atoms with Gasteiger partial charge in [0.25, 0.3) is 0 Å². The normalized spacial score (nSPS) is 10.6. The first-order chi connectivity index (χ1) is 12.6. The molecule has 0 fully saturated rings. The van der Waals surface area contributed by atoms with Crippen LogP contribution in [-0.4, -0.2) is 41.2 Å². The molecule has 1 aromatic heterocycles. The summed E-state index contributed by atoms with van der Waals surface area (Å²) in [6.45, 7) is 1.92. The van der Waals surface area contributed by atoms with E-state index in [0.29, 0.717) is 16.5 Å². The Labute approximate surface area is 159 Å². The lowest BCUT2D eigenvalue weighted by Gasteiger charge is -2.13. The van der Waals surface area contributed by atoms with Gasteiger partial charge in [-0.1, -0.05) is 29.4 Å². The van der Waals surface area contributed by atoms with Crippen LogP contribution in [0.4, 0.5) is 17.2 Å². The number of carbonyl (C=O) groups is 1. The number of nitrogens with zero attached hydrogens (tertiary/aromatic N) is 3. The summed E-state index contributed by atoms with van der Waals surface area (Å²) < 4.78 is 5.05. The van der Waals surface area contributed by atoms with E-state index in [9.17, 15) is 4.79 Å². The van der Waals surface area contributed by atoms with E-state index in [2.05, 4.69) is 25.8 Å². The Kier molecular flexibility index (Phi) is 7.37. The summed E-state index contributed by atoms with van der Waals surface area (Å²) in [6.07, 6.45) is 4.19. The van der Waals surface area contributed by atoms with Gasteiger partial charge in [-0.25, -0.2) is 14.8 Å². The van der Waals surface area contributed by atoms with Gasteiger partial charge in [0, 0.05) is 11.9 Å². The molecule has 0 saturated carbocycles. The fraction of sp³-hybridized carbons (Fsp3) is 0.188.